The van der Waals surface area contributed by atoms with E-state index in [4.69, 9.17) is 0 Å². The van der Waals surface area contributed by atoms with Gasteiger partial charge in [-0.1, -0.05) is 22.9 Å². The molecule has 0 saturated heterocycles. The van der Waals surface area contributed by atoms with Crippen LogP contribution < -0.4 is 5.32 Å². The Balaban J connectivity index is 2.34. The Morgan fingerprint density at radius 2 is 2.19 bits per heavy atom. The quantitative estimate of drug-likeness (QED) is 0.818. The van der Waals surface area contributed by atoms with Crippen molar-refractivity contribution >= 4 is 26.7 Å². The summed E-state index contributed by atoms with van der Waals surface area (Å²) in [5.74, 6) is 1.09. The fourth-order valence-corrected chi connectivity index (χ4v) is 2.45. The van der Waals surface area contributed by atoms with Crippen LogP contribution in [0.2, 0.25) is 0 Å². The van der Waals surface area contributed by atoms with Gasteiger partial charge in [-0.2, -0.15) is 0 Å². The van der Waals surface area contributed by atoms with E-state index in [9.17, 15) is 8.60 Å². The molecule has 0 aliphatic rings. The predicted molar refractivity (Wildman–Crippen MR) is 69.4 cm³/mol. The molecule has 5 heteroatoms. The normalized spacial score (nSPS) is 12.7. The molecule has 1 aromatic rings. The van der Waals surface area contributed by atoms with Gasteiger partial charge < -0.3 is 5.32 Å². The highest BCUT2D eigenvalue weighted by molar-refractivity contribution is 9.10. The molecule has 16 heavy (non-hydrogen) atoms. The second-order valence-corrected chi connectivity index (χ2v) is 6.17. The van der Waals surface area contributed by atoms with Gasteiger partial charge in [-0.15, -0.1) is 0 Å². The molecule has 0 aliphatic heterocycles. The van der Waals surface area contributed by atoms with Crippen LogP contribution in [0.25, 0.3) is 0 Å². The summed E-state index contributed by atoms with van der Waals surface area (Å²) in [6.07, 6.45) is 0. The fourth-order valence-electron chi connectivity index (χ4n) is 1.28. The van der Waals surface area contributed by atoms with Gasteiger partial charge in [0.2, 0.25) is 0 Å². The van der Waals surface area contributed by atoms with Gasteiger partial charge in [-0.05, 0) is 23.8 Å². The van der Waals surface area contributed by atoms with Crippen molar-refractivity contribution < 1.29 is 8.60 Å². The number of nitrogens with one attached hydrogen (secondary N) is 1. The monoisotopic (exact) mass is 307 g/mol. The largest absolute Gasteiger partial charge is 0.312 e. The van der Waals surface area contributed by atoms with Crippen molar-refractivity contribution in [2.45, 2.75) is 13.5 Å². The summed E-state index contributed by atoms with van der Waals surface area (Å²) < 4.78 is 24.9. The first kappa shape index (κ1) is 13.8. The van der Waals surface area contributed by atoms with Gasteiger partial charge in [0.25, 0.3) is 0 Å². The predicted octanol–water partition coefficient (Wildman–Crippen LogP) is 2.45. The SMILES string of the molecule is CCS(=O)CCNCc1cc(F)cc(Br)c1. The van der Waals surface area contributed by atoms with Crippen LogP contribution in [-0.4, -0.2) is 22.3 Å². The first-order chi connectivity index (χ1) is 7.61. The molecule has 90 valence electrons. The summed E-state index contributed by atoms with van der Waals surface area (Å²) in [7, 11) is -0.739. The molecule has 0 bridgehead atoms. The minimum atomic E-state index is -0.739. The highest BCUT2D eigenvalue weighted by Gasteiger charge is 1.99. The maximum absolute atomic E-state index is 13.0. The minimum Gasteiger partial charge on any atom is -0.312 e. The lowest BCUT2D eigenvalue weighted by atomic mass is 10.2. The number of benzene rings is 1. The van der Waals surface area contributed by atoms with Gasteiger partial charge >= 0.3 is 0 Å². The highest BCUT2D eigenvalue weighted by atomic mass is 79.9. The number of hydrogen-bond acceptors (Lipinski definition) is 2. The molecule has 0 spiro atoms. The average molecular weight is 308 g/mol. The second kappa shape index (κ2) is 7.14. The maximum Gasteiger partial charge on any atom is 0.124 e. The molecule has 0 fully saturated rings. The molecular weight excluding hydrogens is 293 g/mol. The van der Waals surface area contributed by atoms with E-state index in [1.807, 2.05) is 13.0 Å². The third kappa shape index (κ3) is 5.18. The Hall–Kier alpha value is -0.260. The van der Waals surface area contributed by atoms with Gasteiger partial charge in [-0.25, -0.2) is 4.39 Å². The summed E-state index contributed by atoms with van der Waals surface area (Å²) in [4.78, 5) is 0. The molecule has 0 heterocycles. The molecule has 1 atom stereocenters. The Morgan fingerprint density at radius 3 is 2.81 bits per heavy atom. The van der Waals surface area contributed by atoms with Crippen LogP contribution in [0.4, 0.5) is 4.39 Å². The van der Waals surface area contributed by atoms with E-state index < -0.39 is 10.8 Å². The number of halogens is 2. The Morgan fingerprint density at radius 1 is 1.44 bits per heavy atom. The van der Waals surface area contributed by atoms with Crippen LogP contribution >= 0.6 is 15.9 Å². The van der Waals surface area contributed by atoms with Crippen molar-refractivity contribution in [2.75, 3.05) is 18.1 Å². The smallest absolute Gasteiger partial charge is 0.124 e. The Labute approximate surface area is 106 Å². The van der Waals surface area contributed by atoms with Gasteiger partial charge in [0.05, 0.1) is 0 Å². The maximum atomic E-state index is 13.0. The summed E-state index contributed by atoms with van der Waals surface area (Å²) in [6, 6.07) is 4.79. The summed E-state index contributed by atoms with van der Waals surface area (Å²) in [5, 5.41) is 3.14. The first-order valence-corrected chi connectivity index (χ1v) is 7.40. The first-order valence-electron chi connectivity index (χ1n) is 5.12. The minimum absolute atomic E-state index is 0.247. The van der Waals surface area contributed by atoms with E-state index in [-0.39, 0.29) is 5.82 Å². The van der Waals surface area contributed by atoms with Crippen molar-refractivity contribution in [3.05, 3.63) is 34.1 Å². The molecule has 0 aromatic heterocycles. The van der Waals surface area contributed by atoms with Gasteiger partial charge in [0.1, 0.15) is 5.82 Å². The molecule has 1 N–H and O–H groups in total. The lowest BCUT2D eigenvalue weighted by Gasteiger charge is -2.05. The molecule has 1 unspecified atom stereocenters. The van der Waals surface area contributed by atoms with Crippen LogP contribution in [-0.2, 0) is 17.3 Å². The standard InChI is InChI=1S/C11H15BrFNOS/c1-2-16(15)4-3-14-8-9-5-10(12)7-11(13)6-9/h5-7,14H,2-4,8H2,1H3. The Bertz CT molecular complexity index is 353. The van der Waals surface area contributed by atoms with Crippen LogP contribution in [0.5, 0.6) is 0 Å². The van der Waals surface area contributed by atoms with E-state index in [2.05, 4.69) is 21.2 Å². The van der Waals surface area contributed by atoms with Gasteiger partial charge in [0, 0.05) is 39.9 Å². The average Bonchev–Trinajstić information content (AvgIpc) is 2.22. The van der Waals surface area contributed by atoms with E-state index in [1.165, 1.54) is 12.1 Å². The second-order valence-electron chi connectivity index (χ2n) is 3.39. The van der Waals surface area contributed by atoms with Crippen molar-refractivity contribution in [1.29, 1.82) is 0 Å². The molecule has 0 aliphatic carbocycles. The number of rotatable bonds is 6. The molecule has 1 rings (SSSR count). The fraction of sp³-hybridized carbons (Fsp3) is 0.455. The van der Waals surface area contributed by atoms with Crippen LogP contribution in [0.1, 0.15) is 12.5 Å². The molecule has 1 aromatic carbocycles. The number of hydrogen-bond donors (Lipinski definition) is 1. The van der Waals surface area contributed by atoms with E-state index in [1.54, 1.807) is 0 Å². The van der Waals surface area contributed by atoms with Crippen molar-refractivity contribution in [1.82, 2.24) is 5.32 Å². The molecule has 0 saturated carbocycles. The van der Waals surface area contributed by atoms with E-state index in [0.717, 1.165) is 10.0 Å². The highest BCUT2D eigenvalue weighted by Crippen LogP contribution is 2.14. The van der Waals surface area contributed by atoms with Crippen molar-refractivity contribution in [3.63, 3.8) is 0 Å². The van der Waals surface area contributed by atoms with Gasteiger partial charge in [-0.3, -0.25) is 4.21 Å². The van der Waals surface area contributed by atoms with E-state index >= 15 is 0 Å². The zero-order valence-electron chi connectivity index (χ0n) is 9.13. The molecule has 2 nitrogen and oxygen atoms in total. The van der Waals surface area contributed by atoms with Crippen molar-refractivity contribution in [3.8, 4) is 0 Å². The lowest BCUT2D eigenvalue weighted by molar-refractivity contribution is 0.620. The zero-order chi connectivity index (χ0) is 12.0. The van der Waals surface area contributed by atoms with Gasteiger partial charge in [0.15, 0.2) is 0 Å². The van der Waals surface area contributed by atoms with E-state index in [0.29, 0.717) is 24.6 Å². The summed E-state index contributed by atoms with van der Waals surface area (Å²) in [5.41, 5.74) is 0.883. The Kier molecular flexibility index (Phi) is 6.16. The topological polar surface area (TPSA) is 29.1 Å². The zero-order valence-corrected chi connectivity index (χ0v) is 11.5. The van der Waals surface area contributed by atoms with Crippen LogP contribution in [0.15, 0.2) is 22.7 Å². The third-order valence-corrected chi connectivity index (χ3v) is 3.84. The molecule has 0 radical (unpaired) electrons. The molecular formula is C11H15BrFNOS. The van der Waals surface area contributed by atoms with Crippen LogP contribution in [0, 0.1) is 5.82 Å². The van der Waals surface area contributed by atoms with Crippen LogP contribution in [0.3, 0.4) is 0 Å². The summed E-state index contributed by atoms with van der Waals surface area (Å²) >= 11 is 3.24. The summed E-state index contributed by atoms with van der Waals surface area (Å²) in [6.45, 7) is 3.19. The molecule has 0 amide bonds. The third-order valence-electron chi connectivity index (χ3n) is 2.08. The van der Waals surface area contributed by atoms with Crippen molar-refractivity contribution in [2.24, 2.45) is 0 Å². The lowest BCUT2D eigenvalue weighted by Crippen LogP contribution is -2.20.